The Hall–Kier alpha value is -2.77. The number of fused-ring (bicyclic) bond motifs is 1. The van der Waals surface area contributed by atoms with Crippen molar-refractivity contribution in [3.05, 3.63) is 65.4 Å². The Bertz CT molecular complexity index is 1120. The molecule has 3 rings (SSSR count). The van der Waals surface area contributed by atoms with E-state index in [9.17, 15) is 0 Å². The highest BCUT2D eigenvalue weighted by molar-refractivity contribution is 6.90. The highest BCUT2D eigenvalue weighted by Crippen LogP contribution is 2.41. The number of nitrogens with zero attached hydrogens (tertiary/aromatic N) is 1. The number of nitrogen functional groups attached to an aromatic ring is 1. The van der Waals surface area contributed by atoms with Crippen LogP contribution in [0.25, 0.3) is 10.8 Å². The van der Waals surface area contributed by atoms with Gasteiger partial charge in [-0.25, -0.2) is 4.98 Å². The molecule has 2 N–H and O–H groups in total. The van der Waals surface area contributed by atoms with Crippen molar-refractivity contribution in [2.45, 2.75) is 64.6 Å². The minimum atomic E-state index is -1.83. The Balaban J connectivity index is 2.16. The number of benzene rings is 2. The van der Waals surface area contributed by atoms with Crippen molar-refractivity contribution in [2.75, 3.05) is 12.8 Å². The van der Waals surface area contributed by atoms with Gasteiger partial charge in [-0.1, -0.05) is 71.7 Å². The number of pyridine rings is 1. The first-order chi connectivity index (χ1) is 15.2. The summed E-state index contributed by atoms with van der Waals surface area (Å²) in [5.74, 6) is 5.04. The summed E-state index contributed by atoms with van der Waals surface area (Å²) in [6.07, 6.45) is 0.700. The van der Waals surface area contributed by atoms with Crippen LogP contribution in [0.3, 0.4) is 0 Å². The molecule has 168 valence electrons. The largest absolute Gasteiger partial charge is 0.497 e. The van der Waals surface area contributed by atoms with Gasteiger partial charge in [0.15, 0.2) is 0 Å². The Morgan fingerprint density at radius 3 is 2.12 bits per heavy atom. The van der Waals surface area contributed by atoms with E-state index >= 15 is 0 Å². The zero-order chi connectivity index (χ0) is 23.5. The summed E-state index contributed by atoms with van der Waals surface area (Å²) in [6, 6.07) is 16.4. The first kappa shape index (κ1) is 23.9. The Kier molecular flexibility index (Phi) is 7.31. The third-order valence-electron chi connectivity index (χ3n) is 6.76. The fourth-order valence-electron chi connectivity index (χ4n) is 5.19. The smallest absolute Gasteiger partial charge is 0.146 e. The van der Waals surface area contributed by atoms with Crippen molar-refractivity contribution in [1.82, 2.24) is 4.98 Å². The fourth-order valence-corrected chi connectivity index (χ4v) is 10.4. The van der Waals surface area contributed by atoms with Gasteiger partial charge in [0.05, 0.1) is 12.8 Å². The SMILES string of the molecule is COc1ccc(Cc2nc(N)cc3cccc(C#C[Si](C(C)C)(C(C)C)C(C)C)c23)cc1. The van der Waals surface area contributed by atoms with Crippen molar-refractivity contribution in [3.8, 4) is 17.2 Å². The van der Waals surface area contributed by atoms with E-state index < -0.39 is 8.07 Å². The second kappa shape index (κ2) is 9.79. The molecule has 0 aliphatic rings. The number of anilines is 1. The quantitative estimate of drug-likeness (QED) is 0.329. The van der Waals surface area contributed by atoms with E-state index in [0.717, 1.165) is 27.8 Å². The van der Waals surface area contributed by atoms with Gasteiger partial charge in [-0.15, -0.1) is 5.54 Å². The average molecular weight is 445 g/mol. The minimum Gasteiger partial charge on any atom is -0.497 e. The molecule has 0 spiro atoms. The maximum Gasteiger partial charge on any atom is 0.146 e. The molecular formula is C28H36N2OSi. The van der Waals surface area contributed by atoms with Gasteiger partial charge in [0.1, 0.15) is 19.6 Å². The zero-order valence-electron chi connectivity index (χ0n) is 20.5. The Morgan fingerprint density at radius 1 is 0.938 bits per heavy atom. The van der Waals surface area contributed by atoms with Gasteiger partial charge in [-0.2, -0.15) is 0 Å². The number of ether oxygens (including phenoxy) is 1. The predicted molar refractivity (Wildman–Crippen MR) is 140 cm³/mol. The van der Waals surface area contributed by atoms with Crippen LogP contribution >= 0.6 is 0 Å². The third-order valence-corrected chi connectivity index (χ3v) is 13.1. The van der Waals surface area contributed by atoms with Crippen LogP contribution in [0.2, 0.25) is 16.6 Å². The van der Waals surface area contributed by atoms with E-state index in [2.05, 4.69) is 83.3 Å². The van der Waals surface area contributed by atoms with E-state index in [-0.39, 0.29) is 0 Å². The molecule has 0 aliphatic carbocycles. The highest BCUT2D eigenvalue weighted by Gasteiger charge is 2.41. The van der Waals surface area contributed by atoms with Crippen molar-refractivity contribution in [3.63, 3.8) is 0 Å². The molecule has 3 aromatic rings. The Morgan fingerprint density at radius 2 is 1.56 bits per heavy atom. The lowest BCUT2D eigenvalue weighted by molar-refractivity contribution is 0.414. The van der Waals surface area contributed by atoms with Crippen LogP contribution < -0.4 is 10.5 Å². The molecule has 0 aliphatic heterocycles. The van der Waals surface area contributed by atoms with Crippen molar-refractivity contribution in [1.29, 1.82) is 0 Å². The van der Waals surface area contributed by atoms with E-state index in [1.165, 1.54) is 5.56 Å². The zero-order valence-corrected chi connectivity index (χ0v) is 21.5. The monoisotopic (exact) mass is 444 g/mol. The molecular weight excluding hydrogens is 408 g/mol. The van der Waals surface area contributed by atoms with Gasteiger partial charge in [0.25, 0.3) is 0 Å². The van der Waals surface area contributed by atoms with Crippen LogP contribution in [-0.2, 0) is 6.42 Å². The van der Waals surface area contributed by atoms with Crippen molar-refractivity contribution < 1.29 is 4.74 Å². The number of methoxy groups -OCH3 is 1. The van der Waals surface area contributed by atoms with E-state index in [0.29, 0.717) is 28.9 Å². The first-order valence-corrected chi connectivity index (χ1v) is 13.8. The number of hydrogen-bond donors (Lipinski definition) is 1. The normalized spacial score (nSPS) is 11.8. The Labute approximate surface area is 194 Å². The molecule has 0 bridgehead atoms. The molecule has 0 unspecified atom stereocenters. The summed E-state index contributed by atoms with van der Waals surface area (Å²) in [7, 11) is -0.149. The van der Waals surface area contributed by atoms with Crippen LogP contribution in [0, 0.1) is 11.5 Å². The summed E-state index contributed by atoms with van der Waals surface area (Å²) >= 11 is 0. The van der Waals surface area contributed by atoms with E-state index in [4.69, 9.17) is 15.5 Å². The van der Waals surface area contributed by atoms with Crippen LogP contribution in [0.1, 0.15) is 58.4 Å². The van der Waals surface area contributed by atoms with Gasteiger partial charge in [-0.3, -0.25) is 0 Å². The molecule has 3 nitrogen and oxygen atoms in total. The summed E-state index contributed by atoms with van der Waals surface area (Å²) in [5, 5.41) is 2.21. The number of rotatable bonds is 6. The van der Waals surface area contributed by atoms with Crippen LogP contribution in [0.4, 0.5) is 5.82 Å². The van der Waals surface area contributed by atoms with Crippen molar-refractivity contribution >= 4 is 24.7 Å². The summed E-state index contributed by atoms with van der Waals surface area (Å²) in [6.45, 7) is 14.1. The highest BCUT2D eigenvalue weighted by atomic mass is 28.3. The minimum absolute atomic E-state index is 0.543. The number of hydrogen-bond acceptors (Lipinski definition) is 3. The maximum absolute atomic E-state index is 6.18. The molecule has 0 amide bonds. The number of nitrogens with two attached hydrogens (primary N) is 1. The van der Waals surface area contributed by atoms with Gasteiger partial charge in [0.2, 0.25) is 0 Å². The van der Waals surface area contributed by atoms with Gasteiger partial charge < -0.3 is 10.5 Å². The van der Waals surface area contributed by atoms with Gasteiger partial charge in [-0.05, 0) is 51.8 Å². The van der Waals surface area contributed by atoms with Gasteiger partial charge in [0, 0.05) is 17.4 Å². The maximum atomic E-state index is 6.18. The lowest BCUT2D eigenvalue weighted by atomic mass is 9.99. The summed E-state index contributed by atoms with van der Waals surface area (Å²) in [5.41, 5.74) is 15.0. The standard InChI is InChI=1S/C28H36N2OSi/c1-19(2)32(20(3)4,21(5)6)16-15-23-9-8-10-24-18-27(29)30-26(28(23)24)17-22-11-13-25(31-7)14-12-22/h8-14,18-21H,17H2,1-7H3,(H2,29,30). The van der Waals surface area contributed by atoms with Crippen LogP contribution in [-0.4, -0.2) is 20.2 Å². The second-order valence-corrected chi connectivity index (χ2v) is 15.1. The lowest BCUT2D eigenvalue weighted by Crippen LogP contribution is -2.43. The molecule has 1 heterocycles. The average Bonchev–Trinajstić information content (AvgIpc) is 2.73. The molecule has 1 aromatic heterocycles. The molecule has 4 heteroatoms. The third kappa shape index (κ3) is 4.68. The summed E-state index contributed by atoms with van der Waals surface area (Å²) in [4.78, 5) is 4.74. The van der Waals surface area contributed by atoms with Crippen molar-refractivity contribution in [2.24, 2.45) is 0 Å². The van der Waals surface area contributed by atoms with E-state index in [1.54, 1.807) is 7.11 Å². The molecule has 0 saturated carbocycles. The second-order valence-electron chi connectivity index (χ2n) is 9.57. The van der Waals surface area contributed by atoms with Crippen LogP contribution in [0.15, 0.2) is 48.5 Å². The topological polar surface area (TPSA) is 48.1 Å². The van der Waals surface area contributed by atoms with Crippen LogP contribution in [0.5, 0.6) is 5.75 Å². The fraction of sp³-hybridized carbons (Fsp3) is 0.393. The molecule has 2 aromatic carbocycles. The molecule has 0 fully saturated rings. The molecule has 32 heavy (non-hydrogen) atoms. The molecule has 0 atom stereocenters. The molecule has 0 saturated heterocycles. The number of aromatic nitrogens is 1. The first-order valence-electron chi connectivity index (χ1n) is 11.5. The molecule has 0 radical (unpaired) electrons. The van der Waals surface area contributed by atoms with E-state index in [1.807, 2.05) is 18.2 Å². The van der Waals surface area contributed by atoms with Gasteiger partial charge >= 0.3 is 0 Å². The lowest BCUT2D eigenvalue weighted by Gasteiger charge is -2.38. The predicted octanol–water partition coefficient (Wildman–Crippen LogP) is 6.99. The summed E-state index contributed by atoms with van der Waals surface area (Å²) < 4.78 is 5.30.